The molecule has 0 saturated heterocycles. The summed E-state index contributed by atoms with van der Waals surface area (Å²) >= 11 is 3.41. The minimum absolute atomic E-state index is 0.709. The molecule has 0 atom stereocenters. The molecule has 1 aliphatic rings. The second-order valence-electron chi connectivity index (χ2n) is 4.50. The van der Waals surface area contributed by atoms with Crippen molar-refractivity contribution < 1.29 is 4.79 Å². The Labute approximate surface area is 105 Å². The molecule has 1 fully saturated rings. The maximum Gasteiger partial charge on any atom is 0.151 e. The molecule has 0 aromatic heterocycles. The van der Waals surface area contributed by atoms with Crippen molar-refractivity contribution in [3.05, 3.63) is 28.2 Å². The van der Waals surface area contributed by atoms with Crippen molar-refractivity contribution in [2.24, 2.45) is 5.92 Å². The first-order valence-corrected chi connectivity index (χ1v) is 6.46. The van der Waals surface area contributed by atoms with Gasteiger partial charge in [0.25, 0.3) is 0 Å². The third-order valence-corrected chi connectivity index (χ3v) is 4.00. The van der Waals surface area contributed by atoms with Crippen LogP contribution in [0.1, 0.15) is 29.6 Å². The quantitative estimate of drug-likeness (QED) is 0.788. The van der Waals surface area contributed by atoms with E-state index in [1.54, 1.807) is 0 Å². The SMILES string of the molecule is CN(CC1CCC1)c1ccc(C=O)c(Br)c1. The predicted molar refractivity (Wildman–Crippen MR) is 70.1 cm³/mol. The van der Waals surface area contributed by atoms with Crippen LogP contribution in [-0.4, -0.2) is 19.9 Å². The normalized spacial score (nSPS) is 15.6. The highest BCUT2D eigenvalue weighted by atomic mass is 79.9. The fourth-order valence-corrected chi connectivity index (χ4v) is 2.48. The lowest BCUT2D eigenvalue weighted by Crippen LogP contribution is -2.29. The molecular weight excluding hydrogens is 266 g/mol. The molecule has 1 aromatic carbocycles. The fourth-order valence-electron chi connectivity index (χ4n) is 2.02. The summed E-state index contributed by atoms with van der Waals surface area (Å²) in [6.07, 6.45) is 4.97. The zero-order valence-electron chi connectivity index (χ0n) is 9.45. The maximum absolute atomic E-state index is 10.7. The van der Waals surface area contributed by atoms with Gasteiger partial charge in [-0.1, -0.05) is 6.42 Å². The van der Waals surface area contributed by atoms with E-state index in [-0.39, 0.29) is 0 Å². The van der Waals surface area contributed by atoms with Gasteiger partial charge >= 0.3 is 0 Å². The first-order valence-electron chi connectivity index (χ1n) is 5.66. The minimum atomic E-state index is 0.709. The summed E-state index contributed by atoms with van der Waals surface area (Å²) in [5.74, 6) is 0.856. The van der Waals surface area contributed by atoms with Gasteiger partial charge in [-0.15, -0.1) is 0 Å². The Kier molecular flexibility index (Phi) is 3.64. The molecule has 0 aliphatic heterocycles. The molecule has 1 aliphatic carbocycles. The van der Waals surface area contributed by atoms with E-state index in [0.717, 1.165) is 23.2 Å². The Hall–Kier alpha value is -0.830. The molecule has 0 amide bonds. The summed E-state index contributed by atoms with van der Waals surface area (Å²) in [4.78, 5) is 13.0. The van der Waals surface area contributed by atoms with Crippen molar-refractivity contribution in [2.45, 2.75) is 19.3 Å². The van der Waals surface area contributed by atoms with Crippen molar-refractivity contribution in [1.82, 2.24) is 0 Å². The third kappa shape index (κ3) is 2.46. The van der Waals surface area contributed by atoms with Gasteiger partial charge in [-0.3, -0.25) is 4.79 Å². The van der Waals surface area contributed by atoms with Crippen molar-refractivity contribution >= 4 is 27.9 Å². The van der Waals surface area contributed by atoms with Crippen LogP contribution in [0.2, 0.25) is 0 Å². The van der Waals surface area contributed by atoms with E-state index in [1.165, 1.54) is 24.9 Å². The molecule has 2 rings (SSSR count). The second-order valence-corrected chi connectivity index (χ2v) is 5.36. The topological polar surface area (TPSA) is 20.3 Å². The monoisotopic (exact) mass is 281 g/mol. The predicted octanol–water partition coefficient (Wildman–Crippen LogP) is 3.50. The standard InChI is InChI=1S/C13H16BrNO/c1-15(8-10-3-2-4-10)12-6-5-11(9-16)13(14)7-12/h5-7,9-10H,2-4,8H2,1H3. The molecule has 0 N–H and O–H groups in total. The van der Waals surface area contributed by atoms with Crippen LogP contribution < -0.4 is 4.90 Å². The zero-order chi connectivity index (χ0) is 11.5. The molecule has 3 heteroatoms. The van der Waals surface area contributed by atoms with Crippen LogP contribution in [0.5, 0.6) is 0 Å². The number of aldehydes is 1. The summed E-state index contributed by atoms with van der Waals surface area (Å²) < 4.78 is 0.875. The maximum atomic E-state index is 10.7. The number of rotatable bonds is 4. The molecule has 0 radical (unpaired) electrons. The number of benzene rings is 1. The van der Waals surface area contributed by atoms with E-state index in [9.17, 15) is 4.79 Å². The molecule has 86 valence electrons. The lowest BCUT2D eigenvalue weighted by Gasteiger charge is -2.31. The molecule has 0 bridgehead atoms. The molecule has 0 heterocycles. The largest absolute Gasteiger partial charge is 0.374 e. The van der Waals surface area contributed by atoms with Gasteiger partial charge in [0.1, 0.15) is 0 Å². The summed E-state index contributed by atoms with van der Waals surface area (Å²) in [6, 6.07) is 5.89. The van der Waals surface area contributed by atoms with Gasteiger partial charge in [-0.05, 0) is 52.9 Å². The average molecular weight is 282 g/mol. The van der Waals surface area contributed by atoms with Crippen LogP contribution in [0.25, 0.3) is 0 Å². The summed E-state index contributed by atoms with van der Waals surface area (Å²) in [5.41, 5.74) is 1.88. The molecule has 0 spiro atoms. The summed E-state index contributed by atoms with van der Waals surface area (Å²) in [5, 5.41) is 0. The second kappa shape index (κ2) is 5.00. The molecule has 16 heavy (non-hydrogen) atoms. The van der Waals surface area contributed by atoms with E-state index in [2.05, 4.69) is 27.9 Å². The molecule has 0 unspecified atom stereocenters. The highest BCUT2D eigenvalue weighted by Gasteiger charge is 2.19. The lowest BCUT2D eigenvalue weighted by molar-refractivity contribution is 0.112. The van der Waals surface area contributed by atoms with Gasteiger partial charge in [-0.25, -0.2) is 0 Å². The number of anilines is 1. The first-order chi connectivity index (χ1) is 7.70. The zero-order valence-corrected chi connectivity index (χ0v) is 11.0. The van der Waals surface area contributed by atoms with Gasteiger partial charge < -0.3 is 4.90 Å². The summed E-state index contributed by atoms with van der Waals surface area (Å²) in [6.45, 7) is 1.12. The van der Waals surface area contributed by atoms with Crippen LogP contribution in [0.15, 0.2) is 22.7 Å². The van der Waals surface area contributed by atoms with E-state index in [1.807, 2.05) is 18.2 Å². The average Bonchev–Trinajstić information content (AvgIpc) is 2.23. The molecule has 1 saturated carbocycles. The number of carbonyl (C=O) groups excluding carboxylic acids is 1. The number of hydrogen-bond donors (Lipinski definition) is 0. The van der Waals surface area contributed by atoms with Crippen LogP contribution in [0.4, 0.5) is 5.69 Å². The number of nitrogens with zero attached hydrogens (tertiary/aromatic N) is 1. The van der Waals surface area contributed by atoms with Gasteiger partial charge in [0.05, 0.1) is 0 Å². The van der Waals surface area contributed by atoms with E-state index < -0.39 is 0 Å². The van der Waals surface area contributed by atoms with Crippen molar-refractivity contribution in [3.8, 4) is 0 Å². The first kappa shape index (κ1) is 11.6. The Morgan fingerprint density at radius 2 is 2.25 bits per heavy atom. The Balaban J connectivity index is 2.07. The fraction of sp³-hybridized carbons (Fsp3) is 0.462. The van der Waals surface area contributed by atoms with E-state index in [0.29, 0.717) is 5.56 Å². The van der Waals surface area contributed by atoms with Crippen LogP contribution in [-0.2, 0) is 0 Å². The Bertz CT molecular complexity index is 388. The summed E-state index contributed by atoms with van der Waals surface area (Å²) in [7, 11) is 2.11. The van der Waals surface area contributed by atoms with Gasteiger partial charge in [0, 0.05) is 29.3 Å². The van der Waals surface area contributed by atoms with Gasteiger partial charge in [-0.2, -0.15) is 0 Å². The van der Waals surface area contributed by atoms with Crippen molar-refractivity contribution in [2.75, 3.05) is 18.5 Å². The highest BCUT2D eigenvalue weighted by Crippen LogP contribution is 2.29. The lowest BCUT2D eigenvalue weighted by atomic mass is 9.85. The number of halogens is 1. The smallest absolute Gasteiger partial charge is 0.151 e. The van der Waals surface area contributed by atoms with Crippen LogP contribution in [0, 0.1) is 5.92 Å². The minimum Gasteiger partial charge on any atom is -0.374 e. The molecule has 2 nitrogen and oxygen atoms in total. The van der Waals surface area contributed by atoms with Crippen molar-refractivity contribution in [3.63, 3.8) is 0 Å². The van der Waals surface area contributed by atoms with Crippen LogP contribution >= 0.6 is 15.9 Å². The third-order valence-electron chi connectivity index (χ3n) is 3.31. The number of carbonyl (C=O) groups is 1. The van der Waals surface area contributed by atoms with Gasteiger partial charge in [0.15, 0.2) is 6.29 Å². The highest BCUT2D eigenvalue weighted by molar-refractivity contribution is 9.10. The molecule has 1 aromatic rings. The van der Waals surface area contributed by atoms with E-state index in [4.69, 9.17) is 0 Å². The Morgan fingerprint density at radius 1 is 1.50 bits per heavy atom. The Morgan fingerprint density at radius 3 is 2.75 bits per heavy atom. The molecular formula is C13H16BrNO. The number of hydrogen-bond acceptors (Lipinski definition) is 2. The van der Waals surface area contributed by atoms with Crippen LogP contribution in [0.3, 0.4) is 0 Å². The van der Waals surface area contributed by atoms with E-state index >= 15 is 0 Å². The van der Waals surface area contributed by atoms with Crippen molar-refractivity contribution in [1.29, 1.82) is 0 Å². The van der Waals surface area contributed by atoms with Gasteiger partial charge in [0.2, 0.25) is 0 Å².